The van der Waals surface area contributed by atoms with Crippen LogP contribution < -0.4 is 15.2 Å². The highest BCUT2D eigenvalue weighted by molar-refractivity contribution is 5.96. The van der Waals surface area contributed by atoms with Crippen LogP contribution in [-0.4, -0.2) is 45.4 Å². The summed E-state index contributed by atoms with van der Waals surface area (Å²) < 4.78 is 7.56. The van der Waals surface area contributed by atoms with Gasteiger partial charge < -0.3 is 14.7 Å². The van der Waals surface area contributed by atoms with Crippen LogP contribution in [-0.2, 0) is 0 Å². The second-order valence-corrected chi connectivity index (χ2v) is 7.34. The largest absolute Gasteiger partial charge is 0.502 e. The summed E-state index contributed by atoms with van der Waals surface area (Å²) in [5.74, 6) is -0.338. The summed E-state index contributed by atoms with van der Waals surface area (Å²) in [6.07, 6.45) is 8.57. The van der Waals surface area contributed by atoms with E-state index < -0.39 is 17.1 Å². The van der Waals surface area contributed by atoms with E-state index in [4.69, 9.17) is 4.74 Å². The molecule has 1 aromatic carbocycles. The summed E-state index contributed by atoms with van der Waals surface area (Å²) in [5, 5.41) is 12.4. The van der Waals surface area contributed by atoms with Crippen molar-refractivity contribution in [3.8, 4) is 11.5 Å². The minimum atomic E-state index is -0.592. The number of fused-ring (bicyclic) bond motifs is 5. The number of hydrogen-bond acceptors (Lipinski definition) is 6. The highest BCUT2D eigenvalue weighted by Crippen LogP contribution is 2.36. The Balaban J connectivity index is 1.80. The Hall–Kier alpha value is -4.07. The maximum absolute atomic E-state index is 13.1. The van der Waals surface area contributed by atoms with Gasteiger partial charge >= 0.3 is 0 Å². The number of benzene rings is 1. The monoisotopic (exact) mass is 416 g/mol. The van der Waals surface area contributed by atoms with Crippen molar-refractivity contribution in [1.29, 1.82) is 0 Å². The van der Waals surface area contributed by atoms with Crippen LogP contribution >= 0.6 is 0 Å². The molecular formula is C23H20N4O4. The zero-order valence-electron chi connectivity index (χ0n) is 16.6. The van der Waals surface area contributed by atoms with E-state index in [1.807, 2.05) is 53.6 Å². The smallest absolute Gasteiger partial charge is 0.278 e. The SMILES string of the molecule is O=C1c2c(O)c(=O)ccn2N2CN1C/C=C\COc1cnccc1[C@H]2c1ccccc1. The quantitative estimate of drug-likeness (QED) is 0.611. The Morgan fingerprint density at radius 3 is 2.74 bits per heavy atom. The third kappa shape index (κ3) is 3.22. The van der Waals surface area contributed by atoms with E-state index in [0.717, 1.165) is 11.1 Å². The number of rotatable bonds is 1. The topological polar surface area (TPSA) is 87.9 Å². The van der Waals surface area contributed by atoms with Crippen molar-refractivity contribution < 1.29 is 14.6 Å². The van der Waals surface area contributed by atoms with Crippen molar-refractivity contribution in [3.63, 3.8) is 0 Å². The van der Waals surface area contributed by atoms with E-state index in [9.17, 15) is 14.7 Å². The number of aromatic hydroxyl groups is 1. The molecule has 2 aliphatic heterocycles. The van der Waals surface area contributed by atoms with E-state index in [2.05, 4.69) is 4.98 Å². The van der Waals surface area contributed by atoms with Gasteiger partial charge in [-0.3, -0.25) is 24.3 Å². The molecule has 1 N–H and O–H groups in total. The summed E-state index contributed by atoms with van der Waals surface area (Å²) in [5.41, 5.74) is 1.17. The van der Waals surface area contributed by atoms with Gasteiger partial charge in [-0.1, -0.05) is 36.4 Å². The molecule has 0 unspecified atom stereocenters. The molecule has 8 heteroatoms. The molecule has 2 aromatic heterocycles. The van der Waals surface area contributed by atoms with Crippen LogP contribution in [0, 0.1) is 0 Å². The van der Waals surface area contributed by atoms with Crippen LogP contribution in [0.2, 0.25) is 0 Å². The fourth-order valence-electron chi connectivity index (χ4n) is 4.03. The van der Waals surface area contributed by atoms with Gasteiger partial charge in [-0.25, -0.2) is 0 Å². The van der Waals surface area contributed by atoms with Gasteiger partial charge in [0.15, 0.2) is 11.4 Å². The van der Waals surface area contributed by atoms with Crippen molar-refractivity contribution in [2.75, 3.05) is 24.8 Å². The molecule has 0 saturated heterocycles. The van der Waals surface area contributed by atoms with Crippen LogP contribution in [0.15, 0.2) is 78.0 Å². The van der Waals surface area contributed by atoms with Crippen LogP contribution in [0.3, 0.4) is 0 Å². The van der Waals surface area contributed by atoms with Crippen LogP contribution in [0.25, 0.3) is 0 Å². The highest BCUT2D eigenvalue weighted by atomic mass is 16.5. The number of carbonyl (C=O) groups is 1. The third-order valence-electron chi connectivity index (χ3n) is 5.49. The molecule has 0 aliphatic carbocycles. The van der Waals surface area contributed by atoms with Crippen molar-refractivity contribution in [1.82, 2.24) is 14.6 Å². The lowest BCUT2D eigenvalue weighted by atomic mass is 9.98. The third-order valence-corrected chi connectivity index (χ3v) is 5.49. The van der Waals surface area contributed by atoms with Gasteiger partial charge in [-0.15, -0.1) is 0 Å². The average Bonchev–Trinajstić information content (AvgIpc) is 2.82. The first-order chi connectivity index (χ1) is 15.1. The van der Waals surface area contributed by atoms with E-state index in [1.54, 1.807) is 22.0 Å². The number of ether oxygens (including phenoxy) is 1. The lowest BCUT2D eigenvalue weighted by Crippen LogP contribution is -2.55. The zero-order valence-corrected chi connectivity index (χ0v) is 16.6. The molecular weight excluding hydrogens is 396 g/mol. The van der Waals surface area contributed by atoms with Crippen molar-refractivity contribution >= 4 is 5.91 Å². The maximum Gasteiger partial charge on any atom is 0.278 e. The van der Waals surface area contributed by atoms with Crippen molar-refractivity contribution in [2.24, 2.45) is 0 Å². The summed E-state index contributed by atoms with van der Waals surface area (Å²) >= 11 is 0. The van der Waals surface area contributed by atoms with E-state index in [0.29, 0.717) is 18.9 Å². The number of hydrogen-bond donors (Lipinski definition) is 1. The minimum absolute atomic E-state index is 0.0520. The Kier molecular flexibility index (Phi) is 4.66. The predicted octanol–water partition coefficient (Wildman–Crippen LogP) is 2.04. The molecule has 156 valence electrons. The first kappa shape index (κ1) is 18.9. The number of carbonyl (C=O) groups excluding carboxylic acids is 1. The second-order valence-electron chi connectivity index (χ2n) is 7.34. The molecule has 0 saturated carbocycles. The lowest BCUT2D eigenvalue weighted by Gasteiger charge is -2.43. The van der Waals surface area contributed by atoms with Crippen LogP contribution in [0.1, 0.15) is 27.7 Å². The molecule has 0 radical (unpaired) electrons. The number of pyridine rings is 2. The number of amides is 1. The number of nitrogens with zero attached hydrogens (tertiary/aromatic N) is 4. The van der Waals surface area contributed by atoms with Gasteiger partial charge in [0, 0.05) is 30.6 Å². The molecule has 5 rings (SSSR count). The molecule has 2 aliphatic rings. The highest BCUT2D eigenvalue weighted by Gasteiger charge is 2.37. The van der Waals surface area contributed by atoms with Gasteiger partial charge in [0.2, 0.25) is 5.43 Å². The Labute approximate surface area is 178 Å². The zero-order chi connectivity index (χ0) is 21.4. The van der Waals surface area contributed by atoms with Crippen LogP contribution in [0.5, 0.6) is 11.5 Å². The first-order valence-corrected chi connectivity index (χ1v) is 9.92. The standard InChI is InChI=1S/C23H20N4O4/c28-18-9-12-26-21(22(18)29)23(30)25-11-4-5-13-31-19-14-24-10-8-17(19)20(27(26)15-25)16-6-2-1-3-7-16/h1-10,12,14,20,29H,11,13,15H2/b5-4-/t20-/m1/s1. The number of aromatic nitrogens is 2. The molecule has 0 fully saturated rings. The molecule has 0 spiro atoms. The molecule has 3 aromatic rings. The van der Waals surface area contributed by atoms with Crippen molar-refractivity contribution in [2.45, 2.75) is 6.04 Å². The van der Waals surface area contributed by atoms with E-state index in [-0.39, 0.29) is 18.4 Å². The van der Waals surface area contributed by atoms with Crippen LogP contribution in [0.4, 0.5) is 0 Å². The summed E-state index contributed by atoms with van der Waals surface area (Å²) in [7, 11) is 0. The Bertz CT molecular complexity index is 1220. The first-order valence-electron chi connectivity index (χ1n) is 9.92. The van der Waals surface area contributed by atoms with Gasteiger partial charge in [-0.05, 0) is 17.7 Å². The molecule has 8 nitrogen and oxygen atoms in total. The Morgan fingerprint density at radius 1 is 1.06 bits per heavy atom. The maximum atomic E-state index is 13.1. The summed E-state index contributed by atoms with van der Waals surface area (Å²) in [4.78, 5) is 31.1. The predicted molar refractivity (Wildman–Crippen MR) is 114 cm³/mol. The summed E-state index contributed by atoms with van der Waals surface area (Å²) in [6, 6.07) is 12.6. The van der Waals surface area contributed by atoms with Gasteiger partial charge in [0.1, 0.15) is 25.1 Å². The summed E-state index contributed by atoms with van der Waals surface area (Å²) in [6.45, 7) is 0.898. The molecule has 31 heavy (non-hydrogen) atoms. The normalized spacial score (nSPS) is 19.0. The van der Waals surface area contributed by atoms with Gasteiger partial charge in [0.05, 0.1) is 6.20 Å². The van der Waals surface area contributed by atoms with Crippen molar-refractivity contribution in [3.05, 3.63) is 100 Å². The average molecular weight is 416 g/mol. The van der Waals surface area contributed by atoms with E-state index in [1.165, 1.54) is 12.3 Å². The van der Waals surface area contributed by atoms with Gasteiger partial charge in [0.25, 0.3) is 5.91 Å². The second kappa shape index (κ2) is 7.64. The van der Waals surface area contributed by atoms with Gasteiger partial charge in [-0.2, -0.15) is 0 Å². The molecule has 1 atom stereocenters. The minimum Gasteiger partial charge on any atom is -0.502 e. The molecule has 1 amide bonds. The van der Waals surface area contributed by atoms with E-state index >= 15 is 0 Å². The fourth-order valence-corrected chi connectivity index (χ4v) is 4.03. The lowest BCUT2D eigenvalue weighted by molar-refractivity contribution is 0.0701. The Morgan fingerprint density at radius 2 is 1.90 bits per heavy atom. The fraction of sp³-hybridized carbons (Fsp3) is 0.174. The molecule has 4 heterocycles. The molecule has 2 bridgehead atoms.